The van der Waals surface area contributed by atoms with Gasteiger partial charge in [-0.25, -0.2) is 9.13 Å². The Labute approximate surface area is 651 Å². The highest BCUT2D eigenvalue weighted by Gasteiger charge is 2.30. The van der Waals surface area contributed by atoms with Crippen LogP contribution in [0.25, 0.3) is 0 Å². The lowest BCUT2D eigenvalue weighted by Gasteiger charge is -2.21. The lowest BCUT2D eigenvalue weighted by Crippen LogP contribution is -2.30. The van der Waals surface area contributed by atoms with Crippen LogP contribution in [0.4, 0.5) is 0 Å². The fourth-order valence-electron chi connectivity index (χ4n) is 13.6. The minimum absolute atomic E-state index is 0.108. The summed E-state index contributed by atoms with van der Waals surface area (Å²) in [6.45, 7) is 7.33. The Morgan fingerprint density at radius 2 is 0.453 bits per heavy atom. The third-order valence-corrected chi connectivity index (χ3v) is 22.8. The number of unbranched alkanes of at least 4 members (excludes halogenated alkanes) is 58. The number of rotatable bonds is 87. The highest BCUT2D eigenvalue weighted by atomic mass is 31.2. The summed E-state index contributed by atoms with van der Waals surface area (Å²) in [4.78, 5) is 73.2. The van der Waals surface area contributed by atoms with E-state index in [1.807, 2.05) is 0 Å². The molecule has 0 aliphatic rings. The average molecular weight is 1550 g/mol. The van der Waals surface area contributed by atoms with Crippen LogP contribution in [0.2, 0.25) is 0 Å². The van der Waals surface area contributed by atoms with E-state index in [-0.39, 0.29) is 25.7 Å². The predicted octanol–water partition coefficient (Wildman–Crippen LogP) is 26.8. The van der Waals surface area contributed by atoms with Crippen LogP contribution in [-0.2, 0) is 65.4 Å². The van der Waals surface area contributed by atoms with Gasteiger partial charge in [-0.2, -0.15) is 0 Å². The Bertz CT molecular complexity index is 2020. The zero-order chi connectivity index (χ0) is 77.6. The molecule has 0 aromatic carbocycles. The van der Waals surface area contributed by atoms with E-state index >= 15 is 0 Å². The van der Waals surface area contributed by atoms with Crippen molar-refractivity contribution in [1.29, 1.82) is 0 Å². The minimum atomic E-state index is -4.97. The lowest BCUT2D eigenvalue weighted by atomic mass is 10.00. The zero-order valence-corrected chi connectivity index (χ0v) is 71.4. The van der Waals surface area contributed by atoms with Crippen molar-refractivity contribution in [2.75, 3.05) is 39.6 Å². The number of aliphatic hydroxyl groups is 1. The maximum atomic E-state index is 13.2. The Balaban J connectivity index is 5.21. The number of carbonyl (C=O) groups is 4. The number of esters is 4. The first-order valence-electron chi connectivity index (χ1n) is 45.2. The summed E-state index contributed by atoms with van der Waals surface area (Å²) in [5.74, 6) is -1.37. The van der Waals surface area contributed by atoms with Crippen molar-refractivity contribution in [2.45, 2.75) is 490 Å². The van der Waals surface area contributed by atoms with Gasteiger partial charge in [-0.1, -0.05) is 420 Å². The molecule has 0 heterocycles. The number of carbonyl (C=O) groups excluding carboxylic acids is 4. The third kappa shape index (κ3) is 78.7. The summed E-state index contributed by atoms with van der Waals surface area (Å²) in [5.41, 5.74) is 0. The van der Waals surface area contributed by atoms with Crippen molar-refractivity contribution < 1.29 is 80.2 Å². The zero-order valence-electron chi connectivity index (χ0n) is 69.6. The lowest BCUT2D eigenvalue weighted by molar-refractivity contribution is -0.161. The van der Waals surface area contributed by atoms with Crippen LogP contribution >= 0.6 is 15.6 Å². The quantitative estimate of drug-likeness (QED) is 0.0222. The number of phosphoric ester groups is 2. The van der Waals surface area contributed by atoms with E-state index in [1.165, 1.54) is 289 Å². The van der Waals surface area contributed by atoms with Crippen molar-refractivity contribution in [1.82, 2.24) is 0 Å². The monoisotopic (exact) mass is 1550 g/mol. The first-order valence-corrected chi connectivity index (χ1v) is 48.2. The molecule has 106 heavy (non-hydrogen) atoms. The second-order valence-electron chi connectivity index (χ2n) is 31.5. The molecule has 17 nitrogen and oxygen atoms in total. The molecule has 0 aromatic heterocycles. The second kappa shape index (κ2) is 79.7. The summed E-state index contributed by atoms with van der Waals surface area (Å²) in [6, 6.07) is 0. The SMILES string of the molecule is CCCCCCCCCCCCCCCCCCCCCCCCC(=O)O[C@H](COC(=O)CCCCCCCCCCCCCCCCCCCCC)COP(=O)(O)OC[C@@H](O)COP(=O)(O)OC[C@@H](COC(=O)CCCCCCCCC(C)CC)OC(=O)CCCCCCCCCCCCCCCCC. The summed E-state index contributed by atoms with van der Waals surface area (Å²) in [6.07, 6.45) is 73.8. The molecule has 630 valence electrons. The van der Waals surface area contributed by atoms with Crippen LogP contribution in [0.1, 0.15) is 471 Å². The third-order valence-electron chi connectivity index (χ3n) is 20.9. The van der Waals surface area contributed by atoms with E-state index in [2.05, 4.69) is 34.6 Å². The van der Waals surface area contributed by atoms with Gasteiger partial charge in [-0.15, -0.1) is 0 Å². The highest BCUT2D eigenvalue weighted by Crippen LogP contribution is 2.45. The molecule has 0 spiro atoms. The van der Waals surface area contributed by atoms with Crippen molar-refractivity contribution >= 4 is 39.5 Å². The van der Waals surface area contributed by atoms with Crippen LogP contribution < -0.4 is 0 Å². The van der Waals surface area contributed by atoms with Crippen LogP contribution in [0.3, 0.4) is 0 Å². The Morgan fingerprint density at radius 1 is 0.264 bits per heavy atom. The van der Waals surface area contributed by atoms with E-state index in [0.29, 0.717) is 25.7 Å². The van der Waals surface area contributed by atoms with Crippen molar-refractivity contribution in [3.8, 4) is 0 Å². The Kier molecular flexibility index (Phi) is 78.2. The first kappa shape index (κ1) is 104. The molecular formula is C87H170O17P2. The molecule has 0 aliphatic carbocycles. The van der Waals surface area contributed by atoms with Gasteiger partial charge >= 0.3 is 39.5 Å². The van der Waals surface area contributed by atoms with Gasteiger partial charge in [0.1, 0.15) is 19.3 Å². The summed E-state index contributed by atoms with van der Waals surface area (Å²) in [5, 5.41) is 10.7. The summed E-state index contributed by atoms with van der Waals surface area (Å²) < 4.78 is 68.9. The fraction of sp³-hybridized carbons (Fsp3) is 0.954. The molecule has 0 bridgehead atoms. The number of ether oxygens (including phenoxy) is 4. The Hall–Kier alpha value is -1.94. The average Bonchev–Trinajstić information content (AvgIpc) is 0.901. The molecule has 3 N–H and O–H groups in total. The van der Waals surface area contributed by atoms with Crippen molar-refractivity contribution in [3.05, 3.63) is 0 Å². The fourth-order valence-corrected chi connectivity index (χ4v) is 15.2. The normalized spacial score (nSPS) is 14.0. The van der Waals surface area contributed by atoms with Crippen molar-refractivity contribution in [2.24, 2.45) is 5.92 Å². The van der Waals surface area contributed by atoms with Crippen LogP contribution in [-0.4, -0.2) is 96.7 Å². The molecular weight excluding hydrogens is 1380 g/mol. The van der Waals surface area contributed by atoms with E-state index in [0.717, 1.165) is 102 Å². The van der Waals surface area contributed by atoms with Crippen molar-refractivity contribution in [3.63, 3.8) is 0 Å². The molecule has 19 heteroatoms. The second-order valence-corrected chi connectivity index (χ2v) is 34.4. The topological polar surface area (TPSA) is 237 Å². The number of aliphatic hydroxyl groups excluding tert-OH is 1. The molecule has 0 aromatic rings. The van der Waals surface area contributed by atoms with Gasteiger partial charge in [-0.3, -0.25) is 37.3 Å². The number of hydrogen-bond acceptors (Lipinski definition) is 15. The number of phosphoric acid groups is 2. The molecule has 0 saturated carbocycles. The van der Waals surface area contributed by atoms with Gasteiger partial charge < -0.3 is 33.8 Å². The predicted molar refractivity (Wildman–Crippen MR) is 437 cm³/mol. The van der Waals surface area contributed by atoms with Gasteiger partial charge in [0.05, 0.1) is 26.4 Å². The smallest absolute Gasteiger partial charge is 0.462 e. The van der Waals surface area contributed by atoms with E-state index in [9.17, 15) is 43.2 Å². The summed E-state index contributed by atoms with van der Waals surface area (Å²) in [7, 11) is -9.93. The highest BCUT2D eigenvalue weighted by molar-refractivity contribution is 7.47. The molecule has 3 unspecified atom stereocenters. The maximum Gasteiger partial charge on any atom is 0.472 e. The first-order chi connectivity index (χ1) is 51.6. The Morgan fingerprint density at radius 3 is 0.670 bits per heavy atom. The van der Waals surface area contributed by atoms with Crippen LogP contribution in [0.5, 0.6) is 0 Å². The van der Waals surface area contributed by atoms with E-state index in [1.54, 1.807) is 0 Å². The molecule has 0 fully saturated rings. The maximum absolute atomic E-state index is 13.2. The molecule has 6 atom stereocenters. The van der Waals surface area contributed by atoms with E-state index in [4.69, 9.17) is 37.0 Å². The molecule has 0 radical (unpaired) electrons. The van der Waals surface area contributed by atoms with Gasteiger partial charge in [0.2, 0.25) is 0 Å². The van der Waals surface area contributed by atoms with Gasteiger partial charge in [0.15, 0.2) is 12.2 Å². The standard InChI is InChI=1S/C87H170O17P2/c1-6-10-13-16-19-22-25-28-31-33-35-36-37-39-41-44-47-50-53-56-63-68-72-86(91)103-82(76-97-84(89)70-65-60-54-51-48-45-43-40-38-34-32-29-26-23-20-17-14-11-7-2)78-101-105(93,94)99-74-81(88)75-100-106(95,96)102-79-83(77-98-85(90)71-66-61-58-57-59-64-69-80(5)9-4)104-87(92)73-67-62-55-52-49-46-42-30-27-24-21-18-15-12-8-3/h80-83,88H,6-79H2,1-5H3,(H,93,94)(H,95,96)/t80?,81-,82-,83-/m1/s1. The molecule has 0 saturated heterocycles. The summed E-state index contributed by atoms with van der Waals surface area (Å²) >= 11 is 0. The van der Waals surface area contributed by atoms with Gasteiger partial charge in [-0.05, 0) is 31.6 Å². The van der Waals surface area contributed by atoms with Gasteiger partial charge in [0, 0.05) is 25.7 Å². The minimum Gasteiger partial charge on any atom is -0.462 e. The molecule has 0 aliphatic heterocycles. The van der Waals surface area contributed by atoms with E-state index < -0.39 is 97.5 Å². The van der Waals surface area contributed by atoms with Crippen LogP contribution in [0, 0.1) is 5.92 Å². The molecule has 0 rings (SSSR count). The van der Waals surface area contributed by atoms with Gasteiger partial charge in [0.25, 0.3) is 0 Å². The molecule has 0 amide bonds. The largest absolute Gasteiger partial charge is 0.472 e. The number of hydrogen-bond donors (Lipinski definition) is 3. The van der Waals surface area contributed by atoms with Crippen LogP contribution in [0.15, 0.2) is 0 Å².